The van der Waals surface area contributed by atoms with E-state index in [0.29, 0.717) is 5.25 Å². The summed E-state index contributed by atoms with van der Waals surface area (Å²) >= 11 is 4.87. The number of nitrogens with one attached hydrogen (secondary N) is 1. The van der Waals surface area contributed by atoms with Crippen LogP contribution < -0.4 is 4.72 Å². The van der Waals surface area contributed by atoms with Crippen LogP contribution in [-0.2, 0) is 16.6 Å². The van der Waals surface area contributed by atoms with Crippen molar-refractivity contribution in [3.63, 3.8) is 0 Å². The summed E-state index contributed by atoms with van der Waals surface area (Å²) in [6.45, 7) is -0.327. The number of sulfonamides is 1. The molecule has 1 saturated carbocycles. The molecule has 1 fully saturated rings. The molecule has 0 aromatic carbocycles. The molecule has 1 aliphatic carbocycles. The van der Waals surface area contributed by atoms with E-state index in [1.54, 1.807) is 11.8 Å². The number of aliphatic hydroxyl groups excluding tert-OH is 1. The standard InChI is InChI=1S/C12H18BrNO4S2/c1-19-10-4-2-3-8(5-10)14-20(16,17)11-6-9(7-15)18-12(11)13/h6,8,10,14-15H,2-5,7H2,1H3. The molecular formula is C12H18BrNO4S2. The molecule has 1 heterocycles. The van der Waals surface area contributed by atoms with Gasteiger partial charge in [-0.2, -0.15) is 11.8 Å². The fourth-order valence-corrected chi connectivity index (χ4v) is 5.52. The van der Waals surface area contributed by atoms with Crippen molar-refractivity contribution < 1.29 is 17.9 Å². The first-order valence-electron chi connectivity index (χ1n) is 6.40. The average Bonchev–Trinajstić information content (AvgIpc) is 2.80. The summed E-state index contributed by atoms with van der Waals surface area (Å²) in [5.41, 5.74) is 0. The third kappa shape index (κ3) is 3.79. The van der Waals surface area contributed by atoms with Gasteiger partial charge in [-0.1, -0.05) is 6.42 Å². The molecular weight excluding hydrogens is 366 g/mol. The van der Waals surface area contributed by atoms with Gasteiger partial charge in [0.1, 0.15) is 17.3 Å². The van der Waals surface area contributed by atoms with Crippen molar-refractivity contribution in [1.82, 2.24) is 4.72 Å². The second-order valence-corrected chi connectivity index (χ2v) is 8.39. The molecule has 0 amide bonds. The zero-order chi connectivity index (χ0) is 14.8. The molecule has 114 valence electrons. The minimum atomic E-state index is -3.62. The molecule has 5 nitrogen and oxygen atoms in total. The van der Waals surface area contributed by atoms with Gasteiger partial charge >= 0.3 is 0 Å². The summed E-state index contributed by atoms with van der Waals surface area (Å²) in [4.78, 5) is 0.0489. The zero-order valence-electron chi connectivity index (χ0n) is 11.1. The van der Waals surface area contributed by atoms with Crippen molar-refractivity contribution in [2.75, 3.05) is 6.26 Å². The smallest absolute Gasteiger partial charge is 0.245 e. The maximum atomic E-state index is 12.4. The minimum Gasteiger partial charge on any atom is -0.450 e. The van der Waals surface area contributed by atoms with Gasteiger partial charge in [0, 0.05) is 17.4 Å². The van der Waals surface area contributed by atoms with Crippen molar-refractivity contribution in [2.45, 2.75) is 48.5 Å². The number of aliphatic hydroxyl groups is 1. The van der Waals surface area contributed by atoms with Gasteiger partial charge < -0.3 is 9.52 Å². The van der Waals surface area contributed by atoms with Gasteiger partial charge in [0.25, 0.3) is 0 Å². The molecule has 2 rings (SSSR count). The first-order valence-corrected chi connectivity index (χ1v) is 9.97. The van der Waals surface area contributed by atoms with E-state index in [1.165, 1.54) is 6.07 Å². The Morgan fingerprint density at radius 1 is 1.55 bits per heavy atom. The summed E-state index contributed by atoms with van der Waals surface area (Å²) in [6, 6.07) is 1.31. The van der Waals surface area contributed by atoms with Crippen molar-refractivity contribution in [2.24, 2.45) is 0 Å². The van der Waals surface area contributed by atoms with E-state index in [0.717, 1.165) is 25.7 Å². The van der Waals surface area contributed by atoms with E-state index in [4.69, 9.17) is 9.52 Å². The van der Waals surface area contributed by atoms with Gasteiger partial charge in [0.2, 0.25) is 10.0 Å². The van der Waals surface area contributed by atoms with Crippen LogP contribution in [0.15, 0.2) is 20.0 Å². The zero-order valence-corrected chi connectivity index (χ0v) is 14.4. The van der Waals surface area contributed by atoms with Crippen molar-refractivity contribution >= 4 is 37.7 Å². The Bertz CT molecular complexity index is 558. The Labute approximate surface area is 131 Å². The van der Waals surface area contributed by atoms with Crippen LogP contribution in [0.5, 0.6) is 0 Å². The Balaban J connectivity index is 2.12. The molecule has 1 aromatic heterocycles. The topological polar surface area (TPSA) is 79.5 Å². The van der Waals surface area contributed by atoms with E-state index in [2.05, 4.69) is 26.9 Å². The van der Waals surface area contributed by atoms with Gasteiger partial charge in [0.05, 0.1) is 0 Å². The van der Waals surface area contributed by atoms with E-state index < -0.39 is 10.0 Å². The lowest BCUT2D eigenvalue weighted by Gasteiger charge is -2.28. The fourth-order valence-electron chi connectivity index (χ4n) is 2.41. The number of furan rings is 1. The normalized spacial score (nSPS) is 23.9. The second kappa shape index (κ2) is 6.83. The first kappa shape index (κ1) is 16.4. The minimum absolute atomic E-state index is 0.0365. The fraction of sp³-hybridized carbons (Fsp3) is 0.667. The van der Waals surface area contributed by atoms with Crippen molar-refractivity contribution in [3.05, 3.63) is 16.5 Å². The van der Waals surface area contributed by atoms with Gasteiger partial charge in [-0.3, -0.25) is 0 Å². The van der Waals surface area contributed by atoms with Gasteiger partial charge in [-0.05, 0) is 41.4 Å². The predicted molar refractivity (Wildman–Crippen MR) is 82.2 cm³/mol. The predicted octanol–water partition coefficient (Wildman–Crippen LogP) is 2.49. The highest BCUT2D eigenvalue weighted by molar-refractivity contribution is 9.10. The Morgan fingerprint density at radius 2 is 2.30 bits per heavy atom. The van der Waals surface area contributed by atoms with Gasteiger partial charge in [-0.15, -0.1) is 0 Å². The molecule has 2 atom stereocenters. The van der Waals surface area contributed by atoms with E-state index >= 15 is 0 Å². The van der Waals surface area contributed by atoms with Crippen LogP contribution in [0.3, 0.4) is 0 Å². The van der Waals surface area contributed by atoms with Crippen LogP contribution in [0.1, 0.15) is 31.4 Å². The van der Waals surface area contributed by atoms with E-state index in [9.17, 15) is 8.42 Å². The number of rotatable bonds is 5. The number of thioether (sulfide) groups is 1. The molecule has 0 radical (unpaired) electrons. The number of halogens is 1. The number of hydrogen-bond acceptors (Lipinski definition) is 5. The van der Waals surface area contributed by atoms with Crippen LogP contribution in [0.25, 0.3) is 0 Å². The van der Waals surface area contributed by atoms with Crippen molar-refractivity contribution in [1.29, 1.82) is 0 Å². The van der Waals surface area contributed by atoms with Crippen LogP contribution in [0.4, 0.5) is 0 Å². The summed E-state index contributed by atoms with van der Waals surface area (Å²) < 4.78 is 32.7. The highest BCUT2D eigenvalue weighted by Gasteiger charge is 2.28. The molecule has 1 aliphatic rings. The lowest BCUT2D eigenvalue weighted by molar-refractivity contribution is 0.245. The van der Waals surface area contributed by atoms with Crippen molar-refractivity contribution in [3.8, 4) is 0 Å². The monoisotopic (exact) mass is 383 g/mol. The molecule has 0 bridgehead atoms. The summed E-state index contributed by atoms with van der Waals surface area (Å²) in [7, 11) is -3.62. The van der Waals surface area contributed by atoms with Gasteiger partial charge in [-0.25, -0.2) is 13.1 Å². The molecule has 1 aromatic rings. The first-order chi connectivity index (χ1) is 9.46. The summed E-state index contributed by atoms with van der Waals surface area (Å²) in [5, 5.41) is 9.51. The Kier molecular flexibility index (Phi) is 5.58. The molecule has 0 aliphatic heterocycles. The summed E-state index contributed by atoms with van der Waals surface area (Å²) in [6.07, 6.45) is 5.94. The highest BCUT2D eigenvalue weighted by Crippen LogP contribution is 2.30. The maximum Gasteiger partial charge on any atom is 0.245 e. The average molecular weight is 384 g/mol. The maximum absolute atomic E-state index is 12.4. The lowest BCUT2D eigenvalue weighted by Crippen LogP contribution is -2.39. The van der Waals surface area contributed by atoms with Crippen LogP contribution >= 0.6 is 27.7 Å². The Hall–Kier alpha value is -0.0200. The van der Waals surface area contributed by atoms with Crippen LogP contribution in [0.2, 0.25) is 0 Å². The van der Waals surface area contributed by atoms with E-state index in [1.807, 2.05) is 0 Å². The summed E-state index contributed by atoms with van der Waals surface area (Å²) in [5.74, 6) is 0.225. The second-order valence-electron chi connectivity index (χ2n) is 4.85. The Morgan fingerprint density at radius 3 is 2.90 bits per heavy atom. The molecule has 20 heavy (non-hydrogen) atoms. The SMILES string of the molecule is CSC1CCCC(NS(=O)(=O)c2cc(CO)oc2Br)C1. The quantitative estimate of drug-likeness (QED) is 0.816. The molecule has 0 spiro atoms. The lowest BCUT2D eigenvalue weighted by atomic mass is 9.96. The molecule has 2 N–H and O–H groups in total. The largest absolute Gasteiger partial charge is 0.450 e. The third-order valence-electron chi connectivity index (χ3n) is 3.43. The van der Waals surface area contributed by atoms with Crippen LogP contribution in [-0.4, -0.2) is 31.1 Å². The third-order valence-corrected chi connectivity index (χ3v) is 6.91. The molecule has 0 saturated heterocycles. The van der Waals surface area contributed by atoms with E-state index in [-0.39, 0.29) is 28.0 Å². The molecule has 2 unspecified atom stereocenters. The highest BCUT2D eigenvalue weighted by atomic mass is 79.9. The number of hydrogen-bond donors (Lipinski definition) is 2. The van der Waals surface area contributed by atoms with Crippen LogP contribution in [0, 0.1) is 0 Å². The van der Waals surface area contributed by atoms with Gasteiger partial charge in [0.15, 0.2) is 4.67 Å². The molecule has 8 heteroatoms.